The van der Waals surface area contributed by atoms with Crippen LogP contribution >= 0.6 is 11.3 Å². The Morgan fingerprint density at radius 2 is 2.06 bits per heavy atom. The Morgan fingerprint density at radius 1 is 1.39 bits per heavy atom. The molecule has 0 unspecified atom stereocenters. The third-order valence-corrected chi connectivity index (χ3v) is 3.57. The van der Waals surface area contributed by atoms with Crippen LogP contribution in [0.1, 0.15) is 24.5 Å². The molecule has 5 nitrogen and oxygen atoms in total. The van der Waals surface area contributed by atoms with Gasteiger partial charge in [0, 0.05) is 26.0 Å². The highest BCUT2D eigenvalue weighted by atomic mass is 32.1. The van der Waals surface area contributed by atoms with Crippen molar-refractivity contribution in [3.05, 3.63) is 16.1 Å². The highest BCUT2D eigenvalue weighted by molar-refractivity contribution is 7.09. The second-order valence-electron chi connectivity index (χ2n) is 4.25. The van der Waals surface area contributed by atoms with Crippen molar-refractivity contribution in [3.8, 4) is 0 Å². The van der Waals surface area contributed by atoms with Crippen LogP contribution in [0, 0.1) is 0 Å². The maximum absolute atomic E-state index is 11.4. The maximum atomic E-state index is 11.4. The summed E-state index contributed by atoms with van der Waals surface area (Å²) in [4.78, 5) is 19.7. The van der Waals surface area contributed by atoms with Crippen molar-refractivity contribution in [1.82, 2.24) is 20.1 Å². The molecule has 1 N–H and O–H groups in total. The number of carbonyl (C=O) groups is 1. The lowest BCUT2D eigenvalue weighted by molar-refractivity contribution is 0.217. The number of thiazole rings is 1. The van der Waals surface area contributed by atoms with Crippen LogP contribution in [0.5, 0.6) is 0 Å². The van der Waals surface area contributed by atoms with E-state index in [0.29, 0.717) is 6.54 Å². The van der Waals surface area contributed by atoms with E-state index in [1.165, 1.54) is 4.90 Å². The third-order valence-electron chi connectivity index (χ3n) is 2.68. The summed E-state index contributed by atoms with van der Waals surface area (Å²) in [5.74, 6) is 0. The van der Waals surface area contributed by atoms with Gasteiger partial charge < -0.3 is 10.2 Å². The van der Waals surface area contributed by atoms with Gasteiger partial charge in [-0.2, -0.15) is 0 Å². The Balaban J connectivity index is 2.45. The van der Waals surface area contributed by atoms with E-state index in [1.54, 1.807) is 25.4 Å². The molecule has 18 heavy (non-hydrogen) atoms. The number of carbonyl (C=O) groups excluding carboxylic acids is 1. The number of nitrogens with one attached hydrogen (secondary N) is 1. The molecular weight excluding hydrogens is 248 g/mol. The zero-order chi connectivity index (χ0) is 13.5. The lowest BCUT2D eigenvalue weighted by Gasteiger charge is -2.15. The van der Waals surface area contributed by atoms with Gasteiger partial charge in [0.05, 0.1) is 12.2 Å². The minimum Gasteiger partial charge on any atom is -0.331 e. The zero-order valence-electron chi connectivity index (χ0n) is 11.6. The van der Waals surface area contributed by atoms with Gasteiger partial charge in [-0.25, -0.2) is 9.78 Å². The molecule has 0 spiro atoms. The molecule has 0 bridgehead atoms. The number of rotatable bonds is 6. The fourth-order valence-corrected chi connectivity index (χ4v) is 2.21. The van der Waals surface area contributed by atoms with Gasteiger partial charge in [0.25, 0.3) is 0 Å². The van der Waals surface area contributed by atoms with Crippen molar-refractivity contribution in [2.24, 2.45) is 0 Å². The first kappa shape index (κ1) is 14.9. The summed E-state index contributed by atoms with van der Waals surface area (Å²) in [5.41, 5.74) is 1.08. The Morgan fingerprint density at radius 3 is 2.61 bits per heavy atom. The molecule has 1 heterocycles. The summed E-state index contributed by atoms with van der Waals surface area (Å²) in [5, 5.41) is 5.83. The molecule has 0 aliphatic heterocycles. The molecular formula is C12H22N4OS. The molecule has 6 heteroatoms. The second-order valence-corrected chi connectivity index (χ2v) is 5.19. The van der Waals surface area contributed by atoms with Crippen LogP contribution in [-0.2, 0) is 13.1 Å². The number of nitrogens with zero attached hydrogens (tertiary/aromatic N) is 3. The molecule has 0 aliphatic rings. The zero-order valence-corrected chi connectivity index (χ0v) is 12.4. The lowest BCUT2D eigenvalue weighted by atomic mass is 10.4. The van der Waals surface area contributed by atoms with Gasteiger partial charge >= 0.3 is 6.03 Å². The van der Waals surface area contributed by atoms with Gasteiger partial charge in [-0.05, 0) is 13.1 Å². The number of hydrogen-bond donors (Lipinski definition) is 1. The summed E-state index contributed by atoms with van der Waals surface area (Å²) in [6.45, 7) is 7.73. The van der Waals surface area contributed by atoms with Crippen LogP contribution in [0.2, 0.25) is 0 Å². The highest BCUT2D eigenvalue weighted by Gasteiger charge is 2.08. The molecule has 2 amide bonds. The van der Waals surface area contributed by atoms with Gasteiger partial charge in [0.15, 0.2) is 0 Å². The summed E-state index contributed by atoms with van der Waals surface area (Å²) in [6, 6.07) is -0.0875. The van der Waals surface area contributed by atoms with Crippen molar-refractivity contribution in [2.45, 2.75) is 26.9 Å². The average Bonchev–Trinajstić information content (AvgIpc) is 2.80. The van der Waals surface area contributed by atoms with Crippen LogP contribution in [0.4, 0.5) is 4.79 Å². The molecule has 0 radical (unpaired) electrons. The van der Waals surface area contributed by atoms with E-state index in [4.69, 9.17) is 0 Å². The number of hydrogen-bond acceptors (Lipinski definition) is 4. The van der Waals surface area contributed by atoms with Gasteiger partial charge in [0.2, 0.25) is 0 Å². The van der Waals surface area contributed by atoms with Crippen LogP contribution in [0.3, 0.4) is 0 Å². The average molecular weight is 270 g/mol. The second kappa shape index (κ2) is 7.33. The summed E-state index contributed by atoms with van der Waals surface area (Å²) >= 11 is 1.60. The first-order valence-electron chi connectivity index (χ1n) is 6.17. The van der Waals surface area contributed by atoms with Gasteiger partial charge in [-0.3, -0.25) is 4.90 Å². The van der Waals surface area contributed by atoms with E-state index in [1.807, 2.05) is 0 Å². The van der Waals surface area contributed by atoms with E-state index in [-0.39, 0.29) is 6.03 Å². The van der Waals surface area contributed by atoms with Crippen LogP contribution in [-0.4, -0.2) is 48.0 Å². The number of urea groups is 1. The van der Waals surface area contributed by atoms with Crippen LogP contribution in [0.25, 0.3) is 0 Å². The van der Waals surface area contributed by atoms with E-state index in [0.717, 1.165) is 30.3 Å². The molecule has 0 aliphatic carbocycles. The van der Waals surface area contributed by atoms with Crippen molar-refractivity contribution in [1.29, 1.82) is 0 Å². The molecule has 1 aromatic heterocycles. The van der Waals surface area contributed by atoms with Crippen molar-refractivity contribution in [3.63, 3.8) is 0 Å². The monoisotopic (exact) mass is 270 g/mol. The third kappa shape index (κ3) is 4.62. The Labute approximate surface area is 113 Å². The first-order chi connectivity index (χ1) is 8.56. The molecule has 0 fully saturated rings. The SMILES string of the molecule is CCN(CC)Cc1csc(CNC(=O)N(C)C)n1. The van der Waals surface area contributed by atoms with Crippen molar-refractivity contribution < 1.29 is 4.79 Å². The first-order valence-corrected chi connectivity index (χ1v) is 7.05. The topological polar surface area (TPSA) is 48.5 Å². The maximum Gasteiger partial charge on any atom is 0.317 e. The largest absolute Gasteiger partial charge is 0.331 e. The number of aromatic nitrogens is 1. The molecule has 0 saturated heterocycles. The van der Waals surface area contributed by atoms with Crippen LogP contribution in [0.15, 0.2) is 5.38 Å². The number of amides is 2. The van der Waals surface area contributed by atoms with E-state index in [2.05, 4.69) is 34.4 Å². The summed E-state index contributed by atoms with van der Waals surface area (Å²) < 4.78 is 0. The van der Waals surface area contributed by atoms with Gasteiger partial charge in [-0.1, -0.05) is 13.8 Å². The van der Waals surface area contributed by atoms with E-state index >= 15 is 0 Å². The predicted molar refractivity (Wildman–Crippen MR) is 74.7 cm³/mol. The Hall–Kier alpha value is -1.14. The fraction of sp³-hybridized carbons (Fsp3) is 0.667. The minimum absolute atomic E-state index is 0.0875. The Kier molecular flexibility index (Phi) is 6.07. The normalized spacial score (nSPS) is 10.7. The van der Waals surface area contributed by atoms with Gasteiger partial charge in [0.1, 0.15) is 5.01 Å². The fourth-order valence-electron chi connectivity index (χ4n) is 1.49. The minimum atomic E-state index is -0.0875. The molecule has 0 saturated carbocycles. The van der Waals surface area contributed by atoms with E-state index < -0.39 is 0 Å². The Bertz CT molecular complexity index is 374. The molecule has 1 rings (SSSR count). The molecule has 102 valence electrons. The lowest BCUT2D eigenvalue weighted by Crippen LogP contribution is -2.33. The molecule has 1 aromatic rings. The van der Waals surface area contributed by atoms with Gasteiger partial charge in [-0.15, -0.1) is 11.3 Å². The summed E-state index contributed by atoms with van der Waals surface area (Å²) in [7, 11) is 3.45. The quantitative estimate of drug-likeness (QED) is 0.857. The highest BCUT2D eigenvalue weighted by Crippen LogP contribution is 2.11. The smallest absolute Gasteiger partial charge is 0.317 e. The molecule has 0 aromatic carbocycles. The van der Waals surface area contributed by atoms with Crippen molar-refractivity contribution in [2.75, 3.05) is 27.2 Å². The standard InChI is InChI=1S/C12H22N4OS/c1-5-16(6-2)8-10-9-18-11(14-10)7-13-12(17)15(3)4/h9H,5-8H2,1-4H3,(H,13,17). The van der Waals surface area contributed by atoms with Crippen LogP contribution < -0.4 is 5.32 Å². The summed E-state index contributed by atoms with van der Waals surface area (Å²) in [6.07, 6.45) is 0. The van der Waals surface area contributed by atoms with Crippen molar-refractivity contribution >= 4 is 17.4 Å². The van der Waals surface area contributed by atoms with E-state index in [9.17, 15) is 4.79 Å². The molecule has 0 atom stereocenters. The predicted octanol–water partition coefficient (Wildman–Crippen LogP) is 1.76.